The number of amides is 1. The summed E-state index contributed by atoms with van der Waals surface area (Å²) in [6.07, 6.45) is 4.25. The van der Waals surface area contributed by atoms with Crippen LogP contribution in [0.15, 0.2) is 64.4 Å². The molecule has 1 fully saturated rings. The van der Waals surface area contributed by atoms with Crippen LogP contribution in [-0.4, -0.2) is 44.1 Å². The maximum absolute atomic E-state index is 13.6. The van der Waals surface area contributed by atoms with E-state index >= 15 is 0 Å². The molecule has 2 aromatic rings. The number of hydroxylamine groups is 1. The van der Waals surface area contributed by atoms with Crippen LogP contribution in [0.2, 0.25) is 0 Å². The van der Waals surface area contributed by atoms with Crippen LogP contribution in [0.3, 0.4) is 0 Å². The van der Waals surface area contributed by atoms with Gasteiger partial charge in [-0.1, -0.05) is 6.08 Å². The van der Waals surface area contributed by atoms with E-state index in [4.69, 9.17) is 14.7 Å². The Labute approximate surface area is 212 Å². The molecule has 1 aliphatic carbocycles. The molecule has 194 valence electrons. The van der Waals surface area contributed by atoms with Gasteiger partial charge in [-0.25, -0.2) is 22.7 Å². The molecule has 0 bridgehead atoms. The van der Waals surface area contributed by atoms with Crippen molar-refractivity contribution in [1.82, 2.24) is 5.48 Å². The number of thiophene rings is 1. The zero-order chi connectivity index (χ0) is 25.8. The van der Waals surface area contributed by atoms with Crippen molar-refractivity contribution in [3.05, 3.63) is 70.0 Å². The van der Waals surface area contributed by atoms with Crippen LogP contribution < -0.4 is 10.2 Å². The van der Waals surface area contributed by atoms with Crippen LogP contribution in [0.4, 0.5) is 8.78 Å². The molecule has 2 aliphatic rings. The molecule has 2 heterocycles. The molecule has 7 nitrogen and oxygen atoms in total. The van der Waals surface area contributed by atoms with Crippen molar-refractivity contribution in [2.45, 2.75) is 47.7 Å². The normalized spacial score (nSPS) is 19.8. The molecule has 1 aliphatic heterocycles. The van der Waals surface area contributed by atoms with Gasteiger partial charge in [0.2, 0.25) is 0 Å². The average molecular weight is 540 g/mol. The van der Waals surface area contributed by atoms with Gasteiger partial charge in [0.05, 0.1) is 11.5 Å². The van der Waals surface area contributed by atoms with Crippen LogP contribution in [0, 0.1) is 0 Å². The van der Waals surface area contributed by atoms with Crippen LogP contribution in [-0.2, 0) is 25.8 Å². The third-order valence-corrected chi connectivity index (χ3v) is 10.1. The van der Waals surface area contributed by atoms with Gasteiger partial charge in [0, 0.05) is 30.4 Å². The second kappa shape index (κ2) is 11.2. The lowest BCUT2D eigenvalue weighted by Gasteiger charge is -2.34. The number of carbonyl (C=O) groups is 1. The topological polar surface area (TPSA) is 102 Å². The number of hydrogen-bond acceptors (Lipinski definition) is 7. The first-order valence-corrected chi connectivity index (χ1v) is 13.9. The Balaban J connectivity index is 1.31. The molecule has 1 unspecified atom stereocenters. The van der Waals surface area contributed by atoms with Gasteiger partial charge >= 0.3 is 0 Å². The number of allylic oxidation sites excluding steroid dienone is 4. The smallest absolute Gasteiger partial charge is 0.265 e. The highest BCUT2D eigenvalue weighted by Gasteiger charge is 2.52. The number of benzene rings is 1. The molecule has 1 aromatic heterocycles. The first kappa shape index (κ1) is 26.5. The molecule has 2 N–H and O–H groups in total. The lowest BCUT2D eigenvalue weighted by molar-refractivity contribution is -0.134. The molecule has 1 atom stereocenters. The number of halogens is 2. The zero-order valence-electron chi connectivity index (χ0n) is 19.4. The summed E-state index contributed by atoms with van der Waals surface area (Å²) in [6, 6.07) is 7.87. The third kappa shape index (κ3) is 5.39. The van der Waals surface area contributed by atoms with Crippen molar-refractivity contribution < 1.29 is 36.7 Å². The maximum atomic E-state index is 13.6. The fourth-order valence-electron chi connectivity index (χ4n) is 4.40. The Bertz CT molecular complexity index is 1250. The van der Waals surface area contributed by atoms with Crippen molar-refractivity contribution in [2.24, 2.45) is 0 Å². The number of aryl methyl sites for hydroxylation is 1. The summed E-state index contributed by atoms with van der Waals surface area (Å²) in [5, 5.41) is 11.1. The highest BCUT2D eigenvalue weighted by molar-refractivity contribution is 7.93. The SMILES string of the molecule is O=C(NO)C1(S(=O)(=O)c2ccc(OCCCc3cc(C4C=CC(F)=C(F)C4)cs3)cc2)CCOCC1. The Morgan fingerprint density at radius 1 is 1.22 bits per heavy atom. The third-order valence-electron chi connectivity index (χ3n) is 6.54. The number of ether oxygens (including phenoxy) is 2. The van der Waals surface area contributed by atoms with E-state index in [1.807, 2.05) is 11.4 Å². The molecule has 36 heavy (non-hydrogen) atoms. The number of carbonyl (C=O) groups excluding carboxylic acids is 1. The molecule has 0 spiro atoms. The zero-order valence-corrected chi connectivity index (χ0v) is 21.0. The predicted molar refractivity (Wildman–Crippen MR) is 130 cm³/mol. The lowest BCUT2D eigenvalue weighted by Crippen LogP contribution is -2.54. The summed E-state index contributed by atoms with van der Waals surface area (Å²) in [5.74, 6) is -2.16. The maximum Gasteiger partial charge on any atom is 0.265 e. The highest BCUT2D eigenvalue weighted by Crippen LogP contribution is 2.36. The minimum absolute atomic E-state index is 0.0330. The molecular weight excluding hydrogens is 512 g/mol. The van der Waals surface area contributed by atoms with Crippen molar-refractivity contribution in [3.63, 3.8) is 0 Å². The molecule has 0 saturated carbocycles. The van der Waals surface area contributed by atoms with E-state index in [0.29, 0.717) is 18.8 Å². The van der Waals surface area contributed by atoms with Gasteiger partial charge in [-0.15, -0.1) is 11.3 Å². The standard InChI is InChI=1S/C25H27F2NO6S2/c26-22-8-3-17(15-23(22)27)18-14-20(35-16-18)2-1-11-34-19-4-6-21(7-5-19)36(31,32)25(24(29)28-30)9-12-33-13-10-25/h3-8,14,16-17,30H,1-2,9-13,15H2,(H,28,29). The summed E-state index contributed by atoms with van der Waals surface area (Å²) < 4.78 is 62.5. The minimum atomic E-state index is -4.08. The van der Waals surface area contributed by atoms with Gasteiger partial charge in [0.25, 0.3) is 5.91 Å². The predicted octanol–water partition coefficient (Wildman–Crippen LogP) is 4.78. The minimum Gasteiger partial charge on any atom is -0.494 e. The summed E-state index contributed by atoms with van der Waals surface area (Å²) in [4.78, 5) is 13.4. The van der Waals surface area contributed by atoms with Crippen molar-refractivity contribution in [3.8, 4) is 5.75 Å². The fraction of sp³-hybridized carbons (Fsp3) is 0.400. The Hall–Kier alpha value is -2.60. The molecule has 1 saturated heterocycles. The summed E-state index contributed by atoms with van der Waals surface area (Å²) >= 11 is 1.57. The second-order valence-corrected chi connectivity index (χ2v) is 12.0. The summed E-state index contributed by atoms with van der Waals surface area (Å²) in [7, 11) is -4.08. The Kier molecular flexibility index (Phi) is 8.23. The van der Waals surface area contributed by atoms with Gasteiger partial charge in [-0.05, 0) is 73.0 Å². The average Bonchev–Trinajstić information content (AvgIpc) is 3.37. The van der Waals surface area contributed by atoms with E-state index in [1.165, 1.54) is 35.8 Å². The number of nitrogens with one attached hydrogen (secondary N) is 1. The van der Waals surface area contributed by atoms with Crippen molar-refractivity contribution in [2.75, 3.05) is 19.8 Å². The summed E-state index contributed by atoms with van der Waals surface area (Å²) in [6.45, 7) is 0.603. The fourth-order valence-corrected chi connectivity index (χ4v) is 7.34. The molecule has 4 rings (SSSR count). The Morgan fingerprint density at radius 3 is 2.61 bits per heavy atom. The van der Waals surface area contributed by atoms with E-state index in [9.17, 15) is 22.0 Å². The van der Waals surface area contributed by atoms with Gasteiger partial charge in [-0.3, -0.25) is 10.0 Å². The first-order valence-electron chi connectivity index (χ1n) is 11.6. The van der Waals surface area contributed by atoms with Crippen LogP contribution in [0.5, 0.6) is 5.75 Å². The van der Waals surface area contributed by atoms with E-state index in [0.717, 1.165) is 16.9 Å². The van der Waals surface area contributed by atoms with Crippen molar-refractivity contribution >= 4 is 27.1 Å². The molecular formula is C25H27F2NO6S2. The van der Waals surface area contributed by atoms with Gasteiger partial charge in [0.15, 0.2) is 20.4 Å². The van der Waals surface area contributed by atoms with E-state index in [1.54, 1.807) is 17.4 Å². The molecule has 1 aromatic carbocycles. The molecule has 0 radical (unpaired) electrons. The van der Waals surface area contributed by atoms with E-state index < -0.39 is 32.1 Å². The van der Waals surface area contributed by atoms with Gasteiger partial charge in [0.1, 0.15) is 11.6 Å². The van der Waals surface area contributed by atoms with E-state index in [-0.39, 0.29) is 43.3 Å². The van der Waals surface area contributed by atoms with Crippen LogP contribution in [0.1, 0.15) is 42.0 Å². The lowest BCUT2D eigenvalue weighted by atomic mass is 9.93. The van der Waals surface area contributed by atoms with Crippen LogP contribution in [0.25, 0.3) is 0 Å². The number of hydrogen-bond donors (Lipinski definition) is 2. The first-order chi connectivity index (χ1) is 17.3. The Morgan fingerprint density at radius 2 is 1.94 bits per heavy atom. The molecule has 11 heteroatoms. The van der Waals surface area contributed by atoms with Gasteiger partial charge < -0.3 is 9.47 Å². The number of rotatable bonds is 9. The van der Waals surface area contributed by atoms with Gasteiger partial charge in [-0.2, -0.15) is 0 Å². The highest BCUT2D eigenvalue weighted by atomic mass is 32.2. The largest absolute Gasteiger partial charge is 0.494 e. The monoisotopic (exact) mass is 539 g/mol. The number of sulfone groups is 1. The van der Waals surface area contributed by atoms with E-state index in [2.05, 4.69) is 0 Å². The molecule has 1 amide bonds. The summed E-state index contributed by atoms with van der Waals surface area (Å²) in [5.41, 5.74) is 2.46. The van der Waals surface area contributed by atoms with Crippen molar-refractivity contribution in [1.29, 1.82) is 0 Å². The second-order valence-electron chi connectivity index (χ2n) is 8.74. The van der Waals surface area contributed by atoms with Crippen LogP contribution >= 0.6 is 11.3 Å². The quantitative estimate of drug-likeness (QED) is 0.270.